The average molecular weight is 240 g/mol. The molecule has 3 rings (SSSR count). The molecule has 1 aromatic heterocycles. The number of aryl methyl sites for hydroxylation is 1. The molecule has 92 valence electrons. The number of aromatic nitrogens is 1. The van der Waals surface area contributed by atoms with Gasteiger partial charge in [-0.1, -0.05) is 18.2 Å². The second-order valence-electron chi connectivity index (χ2n) is 4.92. The molecule has 1 aliphatic rings. The third-order valence-corrected chi connectivity index (χ3v) is 3.50. The van der Waals surface area contributed by atoms with Crippen LogP contribution in [0.5, 0.6) is 0 Å². The third kappa shape index (κ3) is 1.63. The van der Waals surface area contributed by atoms with Crippen molar-refractivity contribution in [2.45, 2.75) is 19.4 Å². The summed E-state index contributed by atoms with van der Waals surface area (Å²) in [6.07, 6.45) is 4.71. The van der Waals surface area contributed by atoms with Gasteiger partial charge >= 0.3 is 0 Å². The quantitative estimate of drug-likeness (QED) is 0.752. The molecule has 0 radical (unpaired) electrons. The van der Waals surface area contributed by atoms with E-state index in [1.165, 1.54) is 5.56 Å². The first-order chi connectivity index (χ1) is 8.66. The Morgan fingerprint density at radius 2 is 2.06 bits per heavy atom. The molecule has 0 bridgehead atoms. The Morgan fingerprint density at radius 3 is 2.78 bits per heavy atom. The lowest BCUT2D eigenvalue weighted by Gasteiger charge is -2.22. The Hall–Kier alpha value is -2.03. The van der Waals surface area contributed by atoms with Crippen LogP contribution in [0.15, 0.2) is 42.7 Å². The van der Waals surface area contributed by atoms with Gasteiger partial charge in [0.1, 0.15) is 0 Å². The molecular weight excluding hydrogens is 224 g/mol. The van der Waals surface area contributed by atoms with Crippen molar-refractivity contribution < 1.29 is 4.79 Å². The molecule has 1 unspecified atom stereocenters. The lowest BCUT2D eigenvalue weighted by atomic mass is 10.1. The van der Waals surface area contributed by atoms with Crippen LogP contribution in [-0.2, 0) is 13.5 Å². The molecule has 0 saturated heterocycles. The number of rotatable bonds is 1. The Balaban J connectivity index is 2.00. The number of amides is 1. The molecule has 3 heteroatoms. The third-order valence-electron chi connectivity index (χ3n) is 3.50. The van der Waals surface area contributed by atoms with Gasteiger partial charge in [0.25, 0.3) is 5.91 Å². The van der Waals surface area contributed by atoms with Gasteiger partial charge in [-0.3, -0.25) is 4.79 Å². The molecule has 1 aromatic carbocycles. The van der Waals surface area contributed by atoms with Gasteiger partial charge in [-0.15, -0.1) is 0 Å². The maximum Gasteiger partial charge on any atom is 0.260 e. The van der Waals surface area contributed by atoms with E-state index in [1.54, 1.807) is 0 Å². The number of hydrogen-bond acceptors (Lipinski definition) is 1. The van der Waals surface area contributed by atoms with E-state index in [1.807, 2.05) is 53.2 Å². The predicted molar refractivity (Wildman–Crippen MR) is 71.8 cm³/mol. The second kappa shape index (κ2) is 4.02. The van der Waals surface area contributed by atoms with Gasteiger partial charge in [-0.05, 0) is 31.0 Å². The predicted octanol–water partition coefficient (Wildman–Crippen LogP) is 2.62. The monoisotopic (exact) mass is 240 g/mol. The molecule has 18 heavy (non-hydrogen) atoms. The standard InChI is InChI=1S/C15H16N2O/c1-11-9-12-5-3-4-6-14(12)17(11)15(18)13-7-8-16(2)10-13/h3-8,10-11H,9H2,1-2H3. The fourth-order valence-electron chi connectivity index (χ4n) is 2.64. The number of anilines is 1. The summed E-state index contributed by atoms with van der Waals surface area (Å²) in [7, 11) is 1.93. The highest BCUT2D eigenvalue weighted by molar-refractivity contribution is 6.07. The summed E-state index contributed by atoms with van der Waals surface area (Å²) in [6, 6.07) is 10.2. The molecule has 0 fully saturated rings. The van der Waals surface area contributed by atoms with Crippen LogP contribution in [0.3, 0.4) is 0 Å². The minimum absolute atomic E-state index is 0.0908. The first kappa shape index (κ1) is 11.1. The highest BCUT2D eigenvalue weighted by Crippen LogP contribution is 2.32. The van der Waals surface area contributed by atoms with Crippen molar-refractivity contribution in [3.8, 4) is 0 Å². The Morgan fingerprint density at radius 1 is 1.28 bits per heavy atom. The lowest BCUT2D eigenvalue weighted by Crippen LogP contribution is -2.35. The zero-order valence-electron chi connectivity index (χ0n) is 10.6. The zero-order chi connectivity index (χ0) is 12.7. The number of fused-ring (bicyclic) bond motifs is 1. The maximum atomic E-state index is 12.5. The van der Waals surface area contributed by atoms with Crippen LogP contribution in [0.25, 0.3) is 0 Å². The van der Waals surface area contributed by atoms with E-state index in [0.29, 0.717) is 0 Å². The molecule has 0 spiro atoms. The topological polar surface area (TPSA) is 25.2 Å². The number of para-hydroxylation sites is 1. The zero-order valence-corrected chi connectivity index (χ0v) is 10.6. The summed E-state index contributed by atoms with van der Waals surface area (Å²) in [5.74, 6) is 0.0908. The Labute approximate surface area is 107 Å². The lowest BCUT2D eigenvalue weighted by molar-refractivity contribution is 0.0981. The van der Waals surface area contributed by atoms with E-state index in [0.717, 1.165) is 17.7 Å². The number of carbonyl (C=O) groups excluding carboxylic acids is 1. The summed E-state index contributed by atoms with van der Waals surface area (Å²) in [6.45, 7) is 2.10. The van der Waals surface area contributed by atoms with Gasteiger partial charge in [0.05, 0.1) is 5.56 Å². The van der Waals surface area contributed by atoms with Gasteiger partial charge in [-0.25, -0.2) is 0 Å². The van der Waals surface area contributed by atoms with E-state index in [2.05, 4.69) is 13.0 Å². The van der Waals surface area contributed by atoms with Crippen molar-refractivity contribution in [3.05, 3.63) is 53.9 Å². The molecule has 1 atom stereocenters. The van der Waals surface area contributed by atoms with Crippen LogP contribution in [0.4, 0.5) is 5.69 Å². The normalized spacial score (nSPS) is 17.9. The van der Waals surface area contributed by atoms with Crippen molar-refractivity contribution in [3.63, 3.8) is 0 Å². The molecule has 1 aliphatic heterocycles. The summed E-state index contributed by atoms with van der Waals surface area (Å²) >= 11 is 0. The Bertz CT molecular complexity index is 600. The maximum absolute atomic E-state index is 12.5. The van der Waals surface area contributed by atoms with E-state index in [4.69, 9.17) is 0 Å². The number of carbonyl (C=O) groups is 1. The van der Waals surface area contributed by atoms with Gasteiger partial charge in [0.15, 0.2) is 0 Å². The summed E-state index contributed by atoms with van der Waals surface area (Å²) < 4.78 is 1.90. The molecule has 2 heterocycles. The molecule has 0 aliphatic carbocycles. The molecule has 0 saturated carbocycles. The summed E-state index contributed by atoms with van der Waals surface area (Å²) in [4.78, 5) is 14.5. The van der Waals surface area contributed by atoms with E-state index in [-0.39, 0.29) is 11.9 Å². The number of benzene rings is 1. The largest absolute Gasteiger partial charge is 0.356 e. The van der Waals surface area contributed by atoms with Crippen molar-refractivity contribution >= 4 is 11.6 Å². The number of hydrogen-bond donors (Lipinski definition) is 0. The number of nitrogens with zero attached hydrogens (tertiary/aromatic N) is 2. The van der Waals surface area contributed by atoms with Crippen LogP contribution >= 0.6 is 0 Å². The van der Waals surface area contributed by atoms with Gasteiger partial charge in [-0.2, -0.15) is 0 Å². The highest BCUT2D eigenvalue weighted by atomic mass is 16.2. The first-order valence-corrected chi connectivity index (χ1v) is 6.20. The summed E-state index contributed by atoms with van der Waals surface area (Å²) in [5, 5.41) is 0. The fourth-order valence-corrected chi connectivity index (χ4v) is 2.64. The summed E-state index contributed by atoms with van der Waals surface area (Å²) in [5.41, 5.74) is 3.06. The van der Waals surface area contributed by atoms with E-state index >= 15 is 0 Å². The van der Waals surface area contributed by atoms with Crippen LogP contribution in [0.1, 0.15) is 22.8 Å². The average Bonchev–Trinajstić information content (AvgIpc) is 2.91. The van der Waals surface area contributed by atoms with E-state index < -0.39 is 0 Å². The van der Waals surface area contributed by atoms with Gasteiger partial charge in [0.2, 0.25) is 0 Å². The highest BCUT2D eigenvalue weighted by Gasteiger charge is 2.31. The van der Waals surface area contributed by atoms with E-state index in [9.17, 15) is 4.79 Å². The molecule has 1 amide bonds. The van der Waals surface area contributed by atoms with Crippen molar-refractivity contribution in [1.29, 1.82) is 0 Å². The van der Waals surface area contributed by atoms with Crippen LogP contribution < -0.4 is 4.90 Å². The van der Waals surface area contributed by atoms with Crippen LogP contribution in [0, 0.1) is 0 Å². The minimum Gasteiger partial charge on any atom is -0.356 e. The fraction of sp³-hybridized carbons (Fsp3) is 0.267. The SMILES string of the molecule is CC1Cc2ccccc2N1C(=O)c1ccn(C)c1. The molecular formula is C15H16N2O. The van der Waals surface area contributed by atoms with Crippen molar-refractivity contribution in [1.82, 2.24) is 4.57 Å². The molecule has 3 nitrogen and oxygen atoms in total. The van der Waals surface area contributed by atoms with Gasteiger partial charge in [0, 0.05) is 31.2 Å². The van der Waals surface area contributed by atoms with Crippen molar-refractivity contribution in [2.24, 2.45) is 7.05 Å². The van der Waals surface area contributed by atoms with Crippen LogP contribution in [-0.4, -0.2) is 16.5 Å². The first-order valence-electron chi connectivity index (χ1n) is 6.20. The minimum atomic E-state index is 0.0908. The van der Waals surface area contributed by atoms with Crippen LogP contribution in [0.2, 0.25) is 0 Å². The Kier molecular flexibility index (Phi) is 2.47. The smallest absolute Gasteiger partial charge is 0.260 e. The van der Waals surface area contributed by atoms with Gasteiger partial charge < -0.3 is 9.47 Å². The van der Waals surface area contributed by atoms with Crippen molar-refractivity contribution in [2.75, 3.05) is 4.90 Å². The molecule has 2 aromatic rings. The molecule has 0 N–H and O–H groups in total. The second-order valence-corrected chi connectivity index (χ2v) is 4.92.